The van der Waals surface area contributed by atoms with E-state index in [-0.39, 0.29) is 25.6 Å². The van der Waals surface area contributed by atoms with Gasteiger partial charge in [0.15, 0.2) is 0 Å². The standard InChI is InChI=1S/C19H22N2O4.ClH/c20-17(11-12-24-16-9-5-2-6-10-16)19(23)21-13-18(22)25-14-15-7-3-1-4-8-15;/h1-10,17H,11-14,20H2,(H,21,23);1H. The summed E-state index contributed by atoms with van der Waals surface area (Å²) in [6.07, 6.45) is 0.347. The molecule has 7 heteroatoms. The Morgan fingerprint density at radius 1 is 1.00 bits per heavy atom. The molecular formula is C19H23ClN2O4. The lowest BCUT2D eigenvalue weighted by Crippen LogP contribution is -2.43. The molecule has 0 heterocycles. The van der Waals surface area contributed by atoms with Crippen molar-refractivity contribution in [2.45, 2.75) is 19.1 Å². The highest BCUT2D eigenvalue weighted by Gasteiger charge is 2.15. The number of carbonyl (C=O) groups excluding carboxylic acids is 2. The number of nitrogens with two attached hydrogens (primary N) is 1. The van der Waals surface area contributed by atoms with Gasteiger partial charge in [-0.25, -0.2) is 0 Å². The predicted molar refractivity (Wildman–Crippen MR) is 101 cm³/mol. The van der Waals surface area contributed by atoms with Crippen molar-refractivity contribution < 1.29 is 19.1 Å². The number of benzene rings is 2. The minimum Gasteiger partial charge on any atom is -0.494 e. The third-order valence-electron chi connectivity index (χ3n) is 3.43. The molecular weight excluding hydrogens is 356 g/mol. The Morgan fingerprint density at radius 2 is 1.62 bits per heavy atom. The Kier molecular flexibility index (Phi) is 9.82. The van der Waals surface area contributed by atoms with Crippen molar-refractivity contribution in [1.29, 1.82) is 0 Å². The summed E-state index contributed by atoms with van der Waals surface area (Å²) in [4.78, 5) is 23.5. The molecule has 2 aromatic rings. The summed E-state index contributed by atoms with van der Waals surface area (Å²) in [6.45, 7) is 0.280. The zero-order valence-corrected chi connectivity index (χ0v) is 15.1. The smallest absolute Gasteiger partial charge is 0.325 e. The van der Waals surface area contributed by atoms with Crippen LogP contribution in [0.25, 0.3) is 0 Å². The van der Waals surface area contributed by atoms with Crippen molar-refractivity contribution in [3.63, 3.8) is 0 Å². The molecule has 0 aliphatic carbocycles. The van der Waals surface area contributed by atoms with Gasteiger partial charge in [-0.05, 0) is 17.7 Å². The second kappa shape index (κ2) is 11.9. The van der Waals surface area contributed by atoms with Crippen LogP contribution < -0.4 is 15.8 Å². The number of rotatable bonds is 9. The number of nitrogens with one attached hydrogen (secondary N) is 1. The van der Waals surface area contributed by atoms with Crippen molar-refractivity contribution in [2.75, 3.05) is 13.2 Å². The summed E-state index contributed by atoms with van der Waals surface area (Å²) in [6, 6.07) is 17.9. The Morgan fingerprint density at radius 3 is 2.27 bits per heavy atom. The summed E-state index contributed by atoms with van der Waals surface area (Å²) in [5.41, 5.74) is 6.67. The van der Waals surface area contributed by atoms with E-state index in [2.05, 4.69) is 5.32 Å². The summed E-state index contributed by atoms with van der Waals surface area (Å²) < 4.78 is 10.6. The molecule has 0 spiro atoms. The van der Waals surface area contributed by atoms with Crippen molar-refractivity contribution in [1.82, 2.24) is 5.32 Å². The van der Waals surface area contributed by atoms with Gasteiger partial charge in [0.05, 0.1) is 12.6 Å². The molecule has 0 aromatic heterocycles. The molecule has 1 atom stereocenters. The van der Waals surface area contributed by atoms with E-state index in [9.17, 15) is 9.59 Å². The highest BCUT2D eigenvalue weighted by atomic mass is 35.5. The van der Waals surface area contributed by atoms with E-state index in [4.69, 9.17) is 15.2 Å². The monoisotopic (exact) mass is 378 g/mol. The molecule has 2 rings (SSSR count). The maximum absolute atomic E-state index is 11.9. The van der Waals surface area contributed by atoms with Crippen LogP contribution >= 0.6 is 12.4 Å². The molecule has 0 fully saturated rings. The summed E-state index contributed by atoms with van der Waals surface area (Å²) in [5, 5.41) is 2.47. The van der Waals surface area contributed by atoms with Crippen LogP contribution in [-0.2, 0) is 20.9 Å². The van der Waals surface area contributed by atoms with Gasteiger partial charge in [0, 0.05) is 6.42 Å². The van der Waals surface area contributed by atoms with Crippen LogP contribution in [0.4, 0.5) is 0 Å². The number of ether oxygens (including phenoxy) is 2. The van der Waals surface area contributed by atoms with Crippen molar-refractivity contribution in [3.8, 4) is 5.75 Å². The molecule has 0 aliphatic heterocycles. The predicted octanol–water partition coefficient (Wildman–Crippen LogP) is 2.06. The molecule has 0 aliphatic rings. The van der Waals surface area contributed by atoms with Gasteiger partial charge in [-0.2, -0.15) is 0 Å². The fourth-order valence-corrected chi connectivity index (χ4v) is 2.03. The second-order valence-electron chi connectivity index (χ2n) is 5.42. The molecule has 1 unspecified atom stereocenters. The summed E-state index contributed by atoms with van der Waals surface area (Å²) in [7, 11) is 0. The maximum atomic E-state index is 11.9. The fraction of sp³-hybridized carbons (Fsp3) is 0.263. The van der Waals surface area contributed by atoms with Crippen molar-refractivity contribution in [2.24, 2.45) is 5.73 Å². The molecule has 6 nitrogen and oxygen atoms in total. The normalized spacial score (nSPS) is 11.0. The average Bonchev–Trinajstić information content (AvgIpc) is 2.66. The Hall–Kier alpha value is -2.57. The average molecular weight is 379 g/mol. The number of amides is 1. The largest absolute Gasteiger partial charge is 0.494 e. The van der Waals surface area contributed by atoms with Crippen LogP contribution in [-0.4, -0.2) is 31.1 Å². The molecule has 26 heavy (non-hydrogen) atoms. The third-order valence-corrected chi connectivity index (χ3v) is 3.43. The van der Waals surface area contributed by atoms with Gasteiger partial charge >= 0.3 is 5.97 Å². The van der Waals surface area contributed by atoms with E-state index < -0.39 is 17.9 Å². The molecule has 0 saturated carbocycles. The first kappa shape index (κ1) is 21.5. The summed E-state index contributed by atoms with van der Waals surface area (Å²) in [5.74, 6) is -0.196. The number of hydrogen-bond acceptors (Lipinski definition) is 5. The van der Waals surface area contributed by atoms with Crippen molar-refractivity contribution in [3.05, 3.63) is 66.2 Å². The zero-order chi connectivity index (χ0) is 17.9. The van der Waals surface area contributed by atoms with Gasteiger partial charge in [0.25, 0.3) is 0 Å². The van der Waals surface area contributed by atoms with Gasteiger partial charge in [-0.15, -0.1) is 12.4 Å². The molecule has 0 bridgehead atoms. The lowest BCUT2D eigenvalue weighted by atomic mass is 10.2. The second-order valence-corrected chi connectivity index (χ2v) is 5.42. The van der Waals surface area contributed by atoms with E-state index in [1.54, 1.807) is 0 Å². The fourth-order valence-electron chi connectivity index (χ4n) is 2.03. The quantitative estimate of drug-likeness (QED) is 0.652. The SMILES string of the molecule is Cl.NC(CCOc1ccccc1)C(=O)NCC(=O)OCc1ccccc1. The van der Waals surface area contributed by atoms with Gasteiger partial charge < -0.3 is 20.5 Å². The topological polar surface area (TPSA) is 90.6 Å². The van der Waals surface area contributed by atoms with Crippen LogP contribution in [0.15, 0.2) is 60.7 Å². The van der Waals surface area contributed by atoms with E-state index >= 15 is 0 Å². The van der Waals surface area contributed by atoms with Gasteiger partial charge in [0.1, 0.15) is 18.9 Å². The van der Waals surface area contributed by atoms with Gasteiger partial charge in [-0.1, -0.05) is 48.5 Å². The number of hydrogen-bond donors (Lipinski definition) is 2. The van der Waals surface area contributed by atoms with E-state index in [0.717, 1.165) is 11.3 Å². The highest BCUT2D eigenvalue weighted by molar-refractivity contribution is 5.85. The minimum absolute atomic E-state index is 0. The van der Waals surface area contributed by atoms with Crippen LogP contribution in [0, 0.1) is 0 Å². The Labute approximate surface area is 159 Å². The molecule has 0 radical (unpaired) electrons. The number of carbonyl (C=O) groups is 2. The highest BCUT2D eigenvalue weighted by Crippen LogP contribution is 2.08. The van der Waals surface area contributed by atoms with E-state index in [1.165, 1.54) is 0 Å². The first-order valence-electron chi connectivity index (χ1n) is 8.06. The molecule has 2 aromatic carbocycles. The van der Waals surface area contributed by atoms with E-state index in [1.807, 2.05) is 60.7 Å². The minimum atomic E-state index is -0.745. The lowest BCUT2D eigenvalue weighted by Gasteiger charge is -2.13. The molecule has 1 amide bonds. The van der Waals surface area contributed by atoms with Gasteiger partial charge in [0.2, 0.25) is 5.91 Å². The van der Waals surface area contributed by atoms with E-state index in [0.29, 0.717) is 13.0 Å². The Bertz CT molecular complexity index is 668. The number of halogens is 1. The van der Waals surface area contributed by atoms with Gasteiger partial charge in [-0.3, -0.25) is 9.59 Å². The maximum Gasteiger partial charge on any atom is 0.325 e. The van der Waals surface area contributed by atoms with Crippen LogP contribution in [0.3, 0.4) is 0 Å². The zero-order valence-electron chi connectivity index (χ0n) is 14.3. The van der Waals surface area contributed by atoms with Crippen LogP contribution in [0.5, 0.6) is 5.75 Å². The summed E-state index contributed by atoms with van der Waals surface area (Å²) >= 11 is 0. The molecule has 3 N–H and O–H groups in total. The molecule has 0 saturated heterocycles. The van der Waals surface area contributed by atoms with Crippen LogP contribution in [0.2, 0.25) is 0 Å². The molecule has 140 valence electrons. The lowest BCUT2D eigenvalue weighted by molar-refractivity contribution is -0.145. The Balaban J connectivity index is 0.00000338. The number of esters is 1. The first-order valence-corrected chi connectivity index (χ1v) is 8.06. The third kappa shape index (κ3) is 8.00. The van der Waals surface area contributed by atoms with Crippen molar-refractivity contribution >= 4 is 24.3 Å². The van der Waals surface area contributed by atoms with Crippen LogP contribution in [0.1, 0.15) is 12.0 Å². The first-order chi connectivity index (χ1) is 12.1. The number of para-hydroxylation sites is 1.